The summed E-state index contributed by atoms with van der Waals surface area (Å²) in [6.45, 7) is 9.60. The minimum atomic E-state index is -0.113. The van der Waals surface area contributed by atoms with Crippen molar-refractivity contribution < 1.29 is 9.90 Å². The maximum atomic E-state index is 12.5. The van der Waals surface area contributed by atoms with Crippen LogP contribution in [0, 0.1) is 34.6 Å². The fourth-order valence-corrected chi connectivity index (χ4v) is 2.66. The Bertz CT molecular complexity index is 694. The molecule has 110 valence electrons. The van der Waals surface area contributed by atoms with E-state index in [9.17, 15) is 9.90 Å². The van der Waals surface area contributed by atoms with Gasteiger partial charge < -0.3 is 10.4 Å². The number of phenols is 1. The molecule has 0 aliphatic rings. The Kier molecular flexibility index (Phi) is 4.03. The minimum absolute atomic E-state index is 0.113. The molecule has 0 saturated heterocycles. The molecule has 2 aromatic carbocycles. The van der Waals surface area contributed by atoms with Crippen LogP contribution in [0.15, 0.2) is 24.3 Å². The van der Waals surface area contributed by atoms with Crippen molar-refractivity contribution in [1.82, 2.24) is 0 Å². The number of carbonyl (C=O) groups excluding carboxylic acids is 1. The van der Waals surface area contributed by atoms with Crippen molar-refractivity contribution in [2.24, 2.45) is 0 Å². The van der Waals surface area contributed by atoms with Gasteiger partial charge in [0.2, 0.25) is 0 Å². The summed E-state index contributed by atoms with van der Waals surface area (Å²) in [5, 5.41) is 12.6. The first kappa shape index (κ1) is 15.1. The number of benzene rings is 2. The van der Waals surface area contributed by atoms with Crippen molar-refractivity contribution in [3.8, 4) is 5.75 Å². The van der Waals surface area contributed by atoms with Gasteiger partial charge in [-0.1, -0.05) is 17.7 Å². The zero-order valence-corrected chi connectivity index (χ0v) is 13.2. The van der Waals surface area contributed by atoms with Gasteiger partial charge in [0.1, 0.15) is 5.75 Å². The third-order valence-electron chi connectivity index (χ3n) is 3.70. The molecular weight excluding hydrogens is 262 g/mol. The summed E-state index contributed by atoms with van der Waals surface area (Å²) in [6.07, 6.45) is 0. The summed E-state index contributed by atoms with van der Waals surface area (Å²) in [4.78, 5) is 12.5. The van der Waals surface area contributed by atoms with Crippen molar-refractivity contribution in [1.29, 1.82) is 0 Å². The molecule has 0 heterocycles. The van der Waals surface area contributed by atoms with Crippen molar-refractivity contribution in [2.75, 3.05) is 5.32 Å². The molecule has 0 aliphatic carbocycles. The van der Waals surface area contributed by atoms with E-state index in [4.69, 9.17) is 0 Å². The standard InChI is InChI=1S/C18H21NO2/c1-10-6-13(4)17(14(5)7-10)18(21)19-15-8-12(3)16(20)9-11(15)2/h6-9,20H,1-5H3,(H,19,21). The average Bonchev–Trinajstić information content (AvgIpc) is 2.34. The van der Waals surface area contributed by atoms with E-state index >= 15 is 0 Å². The van der Waals surface area contributed by atoms with E-state index in [1.165, 1.54) is 0 Å². The van der Waals surface area contributed by atoms with E-state index in [2.05, 4.69) is 5.32 Å². The second-order valence-corrected chi connectivity index (χ2v) is 5.68. The first-order chi connectivity index (χ1) is 9.79. The van der Waals surface area contributed by atoms with Gasteiger partial charge in [-0.2, -0.15) is 0 Å². The Morgan fingerprint density at radius 3 is 2.00 bits per heavy atom. The summed E-state index contributed by atoms with van der Waals surface area (Å²) < 4.78 is 0. The zero-order valence-electron chi connectivity index (χ0n) is 13.2. The van der Waals surface area contributed by atoms with Crippen LogP contribution in [-0.4, -0.2) is 11.0 Å². The predicted molar refractivity (Wildman–Crippen MR) is 86.2 cm³/mol. The van der Waals surface area contributed by atoms with Crippen LogP contribution in [0.25, 0.3) is 0 Å². The average molecular weight is 283 g/mol. The van der Waals surface area contributed by atoms with Crippen LogP contribution in [-0.2, 0) is 0 Å². The van der Waals surface area contributed by atoms with Crippen LogP contribution < -0.4 is 5.32 Å². The van der Waals surface area contributed by atoms with Crippen LogP contribution in [0.4, 0.5) is 5.69 Å². The van der Waals surface area contributed by atoms with Crippen molar-refractivity contribution >= 4 is 11.6 Å². The van der Waals surface area contributed by atoms with Crippen molar-refractivity contribution in [3.05, 3.63) is 57.6 Å². The molecule has 0 unspecified atom stereocenters. The highest BCUT2D eigenvalue weighted by atomic mass is 16.3. The molecule has 0 atom stereocenters. The van der Waals surface area contributed by atoms with Crippen LogP contribution in [0.1, 0.15) is 38.2 Å². The van der Waals surface area contributed by atoms with Crippen LogP contribution in [0.2, 0.25) is 0 Å². The van der Waals surface area contributed by atoms with Gasteiger partial charge in [-0.3, -0.25) is 4.79 Å². The Balaban J connectivity index is 2.37. The molecule has 0 aliphatic heterocycles. The minimum Gasteiger partial charge on any atom is -0.508 e. The van der Waals surface area contributed by atoms with Crippen LogP contribution in [0.5, 0.6) is 5.75 Å². The largest absolute Gasteiger partial charge is 0.508 e. The molecule has 2 N–H and O–H groups in total. The van der Waals surface area contributed by atoms with Crippen LogP contribution in [0.3, 0.4) is 0 Å². The number of amides is 1. The molecule has 0 fully saturated rings. The van der Waals surface area contributed by atoms with Gasteiger partial charge in [-0.05, 0) is 69.0 Å². The lowest BCUT2D eigenvalue weighted by Crippen LogP contribution is -2.16. The van der Waals surface area contributed by atoms with Gasteiger partial charge in [-0.15, -0.1) is 0 Å². The van der Waals surface area contributed by atoms with E-state index in [1.54, 1.807) is 12.1 Å². The van der Waals surface area contributed by atoms with Gasteiger partial charge in [0.25, 0.3) is 5.91 Å². The molecule has 2 aromatic rings. The van der Waals surface area contributed by atoms with E-state index in [0.29, 0.717) is 5.56 Å². The maximum Gasteiger partial charge on any atom is 0.256 e. The number of phenolic OH excluding ortho intramolecular Hbond substituents is 1. The monoisotopic (exact) mass is 283 g/mol. The van der Waals surface area contributed by atoms with Gasteiger partial charge in [0.15, 0.2) is 0 Å². The lowest BCUT2D eigenvalue weighted by molar-refractivity contribution is 0.102. The van der Waals surface area contributed by atoms with E-state index in [-0.39, 0.29) is 11.7 Å². The molecule has 21 heavy (non-hydrogen) atoms. The predicted octanol–water partition coefficient (Wildman–Crippen LogP) is 4.19. The third-order valence-corrected chi connectivity index (χ3v) is 3.70. The first-order valence-corrected chi connectivity index (χ1v) is 6.99. The first-order valence-electron chi connectivity index (χ1n) is 6.99. The summed E-state index contributed by atoms with van der Waals surface area (Å²) in [6, 6.07) is 7.48. The molecular formula is C18H21NO2. The molecule has 2 rings (SSSR count). The van der Waals surface area contributed by atoms with Gasteiger partial charge in [-0.25, -0.2) is 0 Å². The Hall–Kier alpha value is -2.29. The Morgan fingerprint density at radius 1 is 0.857 bits per heavy atom. The summed E-state index contributed by atoms with van der Waals surface area (Å²) in [7, 11) is 0. The highest BCUT2D eigenvalue weighted by molar-refractivity contribution is 6.06. The lowest BCUT2D eigenvalue weighted by atomic mass is 9.99. The fraction of sp³-hybridized carbons (Fsp3) is 0.278. The quantitative estimate of drug-likeness (QED) is 0.812. The number of nitrogens with one attached hydrogen (secondary N) is 1. The normalized spacial score (nSPS) is 10.5. The van der Waals surface area contributed by atoms with E-state index in [1.807, 2.05) is 46.8 Å². The van der Waals surface area contributed by atoms with Gasteiger partial charge in [0, 0.05) is 11.3 Å². The zero-order chi connectivity index (χ0) is 15.7. The molecule has 0 aromatic heterocycles. The van der Waals surface area contributed by atoms with Gasteiger partial charge in [0.05, 0.1) is 0 Å². The second-order valence-electron chi connectivity index (χ2n) is 5.68. The van der Waals surface area contributed by atoms with Crippen LogP contribution >= 0.6 is 0 Å². The molecule has 1 amide bonds. The molecule has 0 radical (unpaired) electrons. The van der Waals surface area contributed by atoms with Crippen molar-refractivity contribution in [3.63, 3.8) is 0 Å². The maximum absolute atomic E-state index is 12.5. The smallest absolute Gasteiger partial charge is 0.256 e. The summed E-state index contributed by atoms with van der Waals surface area (Å²) >= 11 is 0. The highest BCUT2D eigenvalue weighted by Gasteiger charge is 2.14. The Labute approximate surface area is 125 Å². The number of rotatable bonds is 2. The number of hydrogen-bond donors (Lipinski definition) is 2. The number of aromatic hydroxyl groups is 1. The molecule has 0 saturated carbocycles. The topological polar surface area (TPSA) is 49.3 Å². The lowest BCUT2D eigenvalue weighted by Gasteiger charge is -2.14. The fourth-order valence-electron chi connectivity index (χ4n) is 2.66. The van der Waals surface area contributed by atoms with Crippen molar-refractivity contribution in [2.45, 2.75) is 34.6 Å². The highest BCUT2D eigenvalue weighted by Crippen LogP contribution is 2.26. The Morgan fingerprint density at radius 2 is 1.43 bits per heavy atom. The molecule has 3 heteroatoms. The summed E-state index contributed by atoms with van der Waals surface area (Å²) in [5.41, 5.74) is 6.12. The number of hydrogen-bond acceptors (Lipinski definition) is 2. The molecule has 0 spiro atoms. The van der Waals surface area contributed by atoms with Gasteiger partial charge >= 0.3 is 0 Å². The van der Waals surface area contributed by atoms with E-state index in [0.717, 1.165) is 33.5 Å². The second kappa shape index (κ2) is 5.60. The third kappa shape index (κ3) is 3.07. The molecule has 3 nitrogen and oxygen atoms in total. The number of carbonyl (C=O) groups is 1. The SMILES string of the molecule is Cc1cc(C)c(C(=O)Nc2cc(C)c(O)cc2C)c(C)c1. The summed E-state index contributed by atoms with van der Waals surface area (Å²) in [5.74, 6) is 0.131. The number of anilines is 1. The molecule has 0 bridgehead atoms. The number of aryl methyl sites for hydroxylation is 5. The van der Waals surface area contributed by atoms with E-state index < -0.39 is 0 Å².